The summed E-state index contributed by atoms with van der Waals surface area (Å²) in [5.41, 5.74) is -0.470. The van der Waals surface area contributed by atoms with E-state index < -0.39 is 11.7 Å². The molecule has 102 valence electrons. The fourth-order valence-corrected chi connectivity index (χ4v) is 1.55. The molecule has 0 heterocycles. The van der Waals surface area contributed by atoms with Crippen molar-refractivity contribution in [2.75, 3.05) is 13.2 Å². The molecule has 17 heavy (non-hydrogen) atoms. The zero-order chi connectivity index (χ0) is 13.5. The molecule has 1 unspecified atom stereocenters. The Labute approximate surface area is 104 Å². The molecule has 0 aliphatic carbocycles. The summed E-state index contributed by atoms with van der Waals surface area (Å²) in [5.74, 6) is 5.82. The molecular formula is C12H26N2O3. The second-order valence-corrected chi connectivity index (χ2v) is 5.71. The van der Waals surface area contributed by atoms with E-state index in [1.54, 1.807) is 0 Å². The van der Waals surface area contributed by atoms with Gasteiger partial charge in [0.15, 0.2) is 0 Å². The van der Waals surface area contributed by atoms with Crippen LogP contribution in [0.25, 0.3) is 0 Å². The number of ether oxygens (including phenoxy) is 1. The average Bonchev–Trinajstić information content (AvgIpc) is 2.11. The molecule has 0 rings (SSSR count). The lowest BCUT2D eigenvalue weighted by Crippen LogP contribution is -2.36. The van der Waals surface area contributed by atoms with Gasteiger partial charge in [0.25, 0.3) is 0 Å². The Morgan fingerprint density at radius 1 is 1.35 bits per heavy atom. The van der Waals surface area contributed by atoms with Gasteiger partial charge in [-0.1, -0.05) is 13.8 Å². The van der Waals surface area contributed by atoms with E-state index in [-0.39, 0.29) is 5.92 Å². The Balaban J connectivity index is 3.99. The number of nitrogens with one attached hydrogen (secondary N) is 1. The number of carbonyl (C=O) groups excluding carboxylic acids is 1. The molecular weight excluding hydrogens is 220 g/mol. The van der Waals surface area contributed by atoms with Crippen molar-refractivity contribution in [3.8, 4) is 0 Å². The minimum atomic E-state index is -0.470. The van der Waals surface area contributed by atoms with E-state index in [2.05, 4.69) is 24.0 Å². The first-order valence-electron chi connectivity index (χ1n) is 6.03. The Morgan fingerprint density at radius 2 is 1.94 bits per heavy atom. The number of rotatable bonds is 6. The van der Waals surface area contributed by atoms with Gasteiger partial charge in [0, 0.05) is 12.5 Å². The molecule has 0 aromatic rings. The van der Waals surface area contributed by atoms with Gasteiger partial charge in [-0.25, -0.2) is 10.7 Å². The summed E-state index contributed by atoms with van der Waals surface area (Å²) in [7, 11) is 0. The van der Waals surface area contributed by atoms with Gasteiger partial charge < -0.3 is 14.9 Å². The lowest BCUT2D eigenvalue weighted by molar-refractivity contribution is 0.0484. The number of amides is 1. The van der Waals surface area contributed by atoms with Crippen molar-refractivity contribution < 1.29 is 14.4 Å². The molecule has 5 nitrogen and oxygen atoms in total. The van der Waals surface area contributed by atoms with Crippen molar-refractivity contribution in [2.24, 2.45) is 17.7 Å². The van der Waals surface area contributed by atoms with Crippen LogP contribution in [0.15, 0.2) is 0 Å². The standard InChI is InChI=1S/C12H26N2O3/c1-9(2)6-10(8-16-13)7-14-11(15)17-12(3,4)5/h9-10H,6-8,13H2,1-5H3,(H,14,15). The molecule has 0 aliphatic heterocycles. The first-order valence-corrected chi connectivity index (χ1v) is 6.03. The zero-order valence-electron chi connectivity index (χ0n) is 11.6. The van der Waals surface area contributed by atoms with E-state index >= 15 is 0 Å². The maximum absolute atomic E-state index is 11.4. The first-order chi connectivity index (χ1) is 7.74. The highest BCUT2D eigenvalue weighted by molar-refractivity contribution is 5.67. The molecule has 1 amide bonds. The Hall–Kier alpha value is -0.810. The lowest BCUT2D eigenvalue weighted by atomic mass is 9.98. The van der Waals surface area contributed by atoms with Crippen LogP contribution in [0.1, 0.15) is 41.0 Å². The van der Waals surface area contributed by atoms with Gasteiger partial charge in [-0.2, -0.15) is 0 Å². The third kappa shape index (κ3) is 10.1. The predicted molar refractivity (Wildman–Crippen MR) is 67.3 cm³/mol. The Kier molecular flexibility index (Phi) is 7.15. The van der Waals surface area contributed by atoms with Crippen molar-refractivity contribution in [1.82, 2.24) is 5.32 Å². The zero-order valence-corrected chi connectivity index (χ0v) is 11.6. The monoisotopic (exact) mass is 246 g/mol. The summed E-state index contributed by atoms with van der Waals surface area (Å²) in [6, 6.07) is 0. The minimum Gasteiger partial charge on any atom is -0.444 e. The number of alkyl carbamates (subject to hydrolysis) is 1. The van der Waals surface area contributed by atoms with E-state index in [1.165, 1.54) is 0 Å². The molecule has 0 spiro atoms. The summed E-state index contributed by atoms with van der Waals surface area (Å²) < 4.78 is 5.15. The molecule has 0 aromatic carbocycles. The number of nitrogens with two attached hydrogens (primary N) is 1. The average molecular weight is 246 g/mol. The van der Waals surface area contributed by atoms with E-state index in [1.807, 2.05) is 20.8 Å². The van der Waals surface area contributed by atoms with Crippen molar-refractivity contribution in [3.05, 3.63) is 0 Å². The highest BCUT2D eigenvalue weighted by atomic mass is 16.6. The summed E-state index contributed by atoms with van der Waals surface area (Å²) in [5, 5.41) is 2.73. The van der Waals surface area contributed by atoms with E-state index in [9.17, 15) is 4.79 Å². The van der Waals surface area contributed by atoms with E-state index in [0.29, 0.717) is 19.1 Å². The van der Waals surface area contributed by atoms with Crippen LogP contribution in [0.3, 0.4) is 0 Å². The summed E-state index contributed by atoms with van der Waals surface area (Å²) >= 11 is 0. The molecule has 0 aromatic heterocycles. The van der Waals surface area contributed by atoms with Gasteiger partial charge in [0.1, 0.15) is 5.60 Å². The maximum atomic E-state index is 11.4. The van der Waals surface area contributed by atoms with Gasteiger partial charge in [-0.3, -0.25) is 0 Å². The molecule has 1 atom stereocenters. The largest absolute Gasteiger partial charge is 0.444 e. The molecule has 0 aliphatic rings. The van der Waals surface area contributed by atoms with Crippen LogP contribution in [0, 0.1) is 11.8 Å². The van der Waals surface area contributed by atoms with Crippen molar-refractivity contribution >= 4 is 6.09 Å². The summed E-state index contributed by atoms with van der Waals surface area (Å²) in [6.07, 6.45) is 0.552. The Bertz CT molecular complexity index is 224. The van der Waals surface area contributed by atoms with Crippen LogP contribution in [-0.4, -0.2) is 24.8 Å². The maximum Gasteiger partial charge on any atom is 0.407 e. The highest BCUT2D eigenvalue weighted by Crippen LogP contribution is 2.11. The van der Waals surface area contributed by atoms with Crippen LogP contribution >= 0.6 is 0 Å². The van der Waals surface area contributed by atoms with Gasteiger partial charge in [0.2, 0.25) is 0 Å². The van der Waals surface area contributed by atoms with Gasteiger partial charge in [0.05, 0.1) is 6.61 Å². The van der Waals surface area contributed by atoms with Crippen LogP contribution in [0.2, 0.25) is 0 Å². The minimum absolute atomic E-state index is 0.215. The second-order valence-electron chi connectivity index (χ2n) is 5.71. The molecule has 0 bridgehead atoms. The third-order valence-corrected chi connectivity index (χ3v) is 2.07. The van der Waals surface area contributed by atoms with Crippen LogP contribution in [0.5, 0.6) is 0 Å². The molecule has 0 saturated carbocycles. The smallest absolute Gasteiger partial charge is 0.407 e. The summed E-state index contributed by atoms with van der Waals surface area (Å²) in [4.78, 5) is 16.1. The van der Waals surface area contributed by atoms with Crippen molar-refractivity contribution in [2.45, 2.75) is 46.6 Å². The van der Waals surface area contributed by atoms with Crippen LogP contribution in [-0.2, 0) is 9.57 Å². The van der Waals surface area contributed by atoms with Gasteiger partial charge >= 0.3 is 6.09 Å². The number of carbonyl (C=O) groups is 1. The topological polar surface area (TPSA) is 73.6 Å². The van der Waals surface area contributed by atoms with E-state index in [0.717, 1.165) is 6.42 Å². The summed E-state index contributed by atoms with van der Waals surface area (Å²) in [6.45, 7) is 10.7. The normalized spacial score (nSPS) is 13.6. The fourth-order valence-electron chi connectivity index (χ4n) is 1.55. The predicted octanol–water partition coefficient (Wildman–Crippen LogP) is 2.06. The first kappa shape index (κ1) is 16.2. The molecule has 3 N–H and O–H groups in total. The van der Waals surface area contributed by atoms with Gasteiger partial charge in [-0.05, 0) is 33.1 Å². The van der Waals surface area contributed by atoms with E-state index in [4.69, 9.17) is 10.6 Å². The number of hydrogen-bond acceptors (Lipinski definition) is 4. The van der Waals surface area contributed by atoms with Gasteiger partial charge in [-0.15, -0.1) is 0 Å². The SMILES string of the molecule is CC(C)CC(CNC(=O)OC(C)(C)C)CON. The molecule has 0 fully saturated rings. The van der Waals surface area contributed by atoms with Crippen molar-refractivity contribution in [3.63, 3.8) is 0 Å². The highest BCUT2D eigenvalue weighted by Gasteiger charge is 2.18. The van der Waals surface area contributed by atoms with Crippen LogP contribution in [0.4, 0.5) is 4.79 Å². The van der Waals surface area contributed by atoms with Crippen LogP contribution < -0.4 is 11.2 Å². The molecule has 0 radical (unpaired) electrons. The second kappa shape index (κ2) is 7.50. The Morgan fingerprint density at radius 3 is 2.35 bits per heavy atom. The number of hydrogen-bond donors (Lipinski definition) is 2. The van der Waals surface area contributed by atoms with Crippen molar-refractivity contribution in [1.29, 1.82) is 0 Å². The lowest BCUT2D eigenvalue weighted by Gasteiger charge is -2.22. The molecule has 5 heteroatoms. The fraction of sp³-hybridized carbons (Fsp3) is 0.917. The third-order valence-electron chi connectivity index (χ3n) is 2.07. The molecule has 0 saturated heterocycles. The quantitative estimate of drug-likeness (QED) is 0.704.